The molecule has 2 aliphatic carbocycles. The molecule has 0 atom stereocenters. The number of hydrogen-bond donors (Lipinski definition) is 0. The maximum absolute atomic E-state index is 13.7. The fourth-order valence-corrected chi connectivity index (χ4v) is 6.08. The highest BCUT2D eigenvalue weighted by Crippen LogP contribution is 2.52. The third kappa shape index (κ3) is 6.77. The van der Waals surface area contributed by atoms with E-state index < -0.39 is 0 Å². The Labute approximate surface area is 175 Å². The summed E-state index contributed by atoms with van der Waals surface area (Å²) in [5.41, 5.74) is -0.167. The summed E-state index contributed by atoms with van der Waals surface area (Å²) in [6.07, 6.45) is 23.9. The Morgan fingerprint density at radius 2 is 1.21 bits per heavy atom. The number of esters is 1. The van der Waals surface area contributed by atoms with Crippen molar-refractivity contribution in [2.24, 2.45) is 17.3 Å². The van der Waals surface area contributed by atoms with Gasteiger partial charge in [0.2, 0.25) is 0 Å². The SMILES string of the molecule is CCCCCCOC(=O)C(CCCCCC)(C1CCCCC1)C1CCCCC1. The number of rotatable bonds is 13. The van der Waals surface area contributed by atoms with E-state index in [1.807, 2.05) is 0 Å². The van der Waals surface area contributed by atoms with Gasteiger partial charge in [0.05, 0.1) is 12.0 Å². The first-order valence-corrected chi connectivity index (χ1v) is 12.9. The van der Waals surface area contributed by atoms with Crippen molar-refractivity contribution in [2.75, 3.05) is 6.61 Å². The quantitative estimate of drug-likeness (QED) is 0.233. The van der Waals surface area contributed by atoms with Crippen LogP contribution in [0.5, 0.6) is 0 Å². The number of hydrogen-bond acceptors (Lipinski definition) is 2. The molecule has 0 amide bonds. The summed E-state index contributed by atoms with van der Waals surface area (Å²) >= 11 is 0. The smallest absolute Gasteiger partial charge is 0.312 e. The van der Waals surface area contributed by atoms with Gasteiger partial charge in [0.1, 0.15) is 0 Å². The number of carbonyl (C=O) groups excluding carboxylic acids is 1. The Morgan fingerprint density at radius 3 is 1.71 bits per heavy atom. The molecule has 0 N–H and O–H groups in total. The van der Waals surface area contributed by atoms with Crippen LogP contribution >= 0.6 is 0 Å². The van der Waals surface area contributed by atoms with E-state index in [9.17, 15) is 4.79 Å². The maximum atomic E-state index is 13.7. The van der Waals surface area contributed by atoms with Crippen molar-refractivity contribution in [3.8, 4) is 0 Å². The van der Waals surface area contributed by atoms with Gasteiger partial charge in [0.25, 0.3) is 0 Å². The number of ether oxygens (including phenoxy) is 1. The molecule has 0 radical (unpaired) electrons. The molecule has 0 unspecified atom stereocenters. The molecule has 164 valence electrons. The molecule has 2 fully saturated rings. The van der Waals surface area contributed by atoms with Crippen molar-refractivity contribution in [2.45, 2.75) is 136 Å². The highest BCUT2D eigenvalue weighted by Gasteiger charge is 2.51. The van der Waals surface area contributed by atoms with Crippen LogP contribution in [0.1, 0.15) is 136 Å². The highest BCUT2D eigenvalue weighted by atomic mass is 16.5. The van der Waals surface area contributed by atoms with Crippen molar-refractivity contribution in [1.29, 1.82) is 0 Å². The second-order valence-corrected chi connectivity index (χ2v) is 9.72. The van der Waals surface area contributed by atoms with Crippen LogP contribution in [-0.4, -0.2) is 12.6 Å². The lowest BCUT2D eigenvalue weighted by molar-refractivity contribution is -0.169. The molecule has 2 aliphatic rings. The first-order chi connectivity index (χ1) is 13.8. The molecule has 28 heavy (non-hydrogen) atoms. The van der Waals surface area contributed by atoms with Crippen LogP contribution < -0.4 is 0 Å². The zero-order valence-corrected chi connectivity index (χ0v) is 19.1. The summed E-state index contributed by atoms with van der Waals surface area (Å²) in [7, 11) is 0. The van der Waals surface area contributed by atoms with Crippen LogP contribution in [0.4, 0.5) is 0 Å². The Balaban J connectivity index is 2.13. The third-order valence-corrected chi connectivity index (χ3v) is 7.72. The van der Waals surface area contributed by atoms with Crippen molar-refractivity contribution in [3.63, 3.8) is 0 Å². The van der Waals surface area contributed by atoms with Gasteiger partial charge in [-0.05, 0) is 50.4 Å². The molecule has 0 aromatic rings. The van der Waals surface area contributed by atoms with E-state index in [2.05, 4.69) is 13.8 Å². The van der Waals surface area contributed by atoms with E-state index in [0.29, 0.717) is 18.4 Å². The molecule has 0 aliphatic heterocycles. The van der Waals surface area contributed by atoms with Crippen molar-refractivity contribution < 1.29 is 9.53 Å². The predicted molar refractivity (Wildman–Crippen MR) is 119 cm³/mol. The van der Waals surface area contributed by atoms with Crippen LogP contribution in [0.3, 0.4) is 0 Å². The fraction of sp³-hybridized carbons (Fsp3) is 0.962. The summed E-state index contributed by atoms with van der Waals surface area (Å²) in [5, 5.41) is 0. The summed E-state index contributed by atoms with van der Waals surface area (Å²) in [6.45, 7) is 5.16. The van der Waals surface area contributed by atoms with E-state index >= 15 is 0 Å². The van der Waals surface area contributed by atoms with Gasteiger partial charge >= 0.3 is 5.97 Å². The first kappa shape index (κ1) is 23.7. The van der Waals surface area contributed by atoms with E-state index in [4.69, 9.17) is 4.74 Å². The third-order valence-electron chi connectivity index (χ3n) is 7.72. The van der Waals surface area contributed by atoms with Gasteiger partial charge in [0.15, 0.2) is 0 Å². The standard InChI is InChI=1S/C26H48O2/c1-3-5-7-15-21-26(23-17-11-9-12-18-23,24-19-13-10-14-20-24)25(27)28-22-16-8-6-4-2/h23-24H,3-22H2,1-2H3. The van der Waals surface area contributed by atoms with Crippen molar-refractivity contribution in [1.82, 2.24) is 0 Å². The van der Waals surface area contributed by atoms with Crippen LogP contribution in [-0.2, 0) is 9.53 Å². The Morgan fingerprint density at radius 1 is 0.714 bits per heavy atom. The molecular weight excluding hydrogens is 344 g/mol. The predicted octanol–water partition coefficient (Wildman–Crippen LogP) is 8.23. The number of unbranched alkanes of at least 4 members (excludes halogenated alkanes) is 6. The van der Waals surface area contributed by atoms with Gasteiger partial charge in [-0.25, -0.2) is 0 Å². The molecule has 0 aromatic heterocycles. The van der Waals surface area contributed by atoms with Gasteiger partial charge in [-0.3, -0.25) is 4.79 Å². The lowest BCUT2D eigenvalue weighted by atomic mass is 9.57. The normalized spacial score (nSPS) is 19.6. The molecule has 0 saturated heterocycles. The van der Waals surface area contributed by atoms with E-state index in [-0.39, 0.29) is 11.4 Å². The highest BCUT2D eigenvalue weighted by molar-refractivity contribution is 5.78. The first-order valence-electron chi connectivity index (χ1n) is 12.9. The minimum Gasteiger partial charge on any atom is -0.465 e. The zero-order chi connectivity index (χ0) is 20.1. The van der Waals surface area contributed by atoms with Crippen LogP contribution in [0.2, 0.25) is 0 Å². The molecule has 0 bridgehead atoms. The second-order valence-electron chi connectivity index (χ2n) is 9.72. The molecule has 2 nitrogen and oxygen atoms in total. The second kappa shape index (κ2) is 13.6. The van der Waals surface area contributed by atoms with E-state index in [1.165, 1.54) is 109 Å². The minimum atomic E-state index is -0.167. The van der Waals surface area contributed by atoms with Gasteiger partial charge < -0.3 is 4.74 Å². The van der Waals surface area contributed by atoms with Gasteiger partial charge in [0, 0.05) is 0 Å². The lowest BCUT2D eigenvalue weighted by Crippen LogP contribution is -2.47. The van der Waals surface area contributed by atoms with Crippen molar-refractivity contribution in [3.05, 3.63) is 0 Å². The molecular formula is C26H48O2. The summed E-state index contributed by atoms with van der Waals surface area (Å²) < 4.78 is 6.08. The average molecular weight is 393 g/mol. The van der Waals surface area contributed by atoms with Crippen LogP contribution in [0.15, 0.2) is 0 Å². The van der Waals surface area contributed by atoms with Crippen LogP contribution in [0, 0.1) is 17.3 Å². The average Bonchev–Trinajstić information content (AvgIpc) is 2.75. The largest absolute Gasteiger partial charge is 0.465 e. The zero-order valence-electron chi connectivity index (χ0n) is 19.1. The topological polar surface area (TPSA) is 26.3 Å². The molecule has 0 spiro atoms. The van der Waals surface area contributed by atoms with E-state index in [1.54, 1.807) is 0 Å². The Kier molecular flexibility index (Phi) is 11.6. The van der Waals surface area contributed by atoms with Crippen molar-refractivity contribution >= 4 is 5.97 Å². The van der Waals surface area contributed by atoms with E-state index in [0.717, 1.165) is 12.8 Å². The van der Waals surface area contributed by atoms with Gasteiger partial charge in [-0.1, -0.05) is 97.3 Å². The molecule has 2 saturated carbocycles. The molecule has 0 aromatic carbocycles. The molecule has 2 rings (SSSR count). The Hall–Kier alpha value is -0.530. The lowest BCUT2D eigenvalue weighted by Gasteiger charge is -2.47. The number of carbonyl (C=O) groups is 1. The van der Waals surface area contributed by atoms with Gasteiger partial charge in [-0.15, -0.1) is 0 Å². The maximum Gasteiger partial charge on any atom is 0.312 e. The monoisotopic (exact) mass is 392 g/mol. The summed E-state index contributed by atoms with van der Waals surface area (Å²) in [5.74, 6) is 1.36. The summed E-state index contributed by atoms with van der Waals surface area (Å²) in [4.78, 5) is 13.7. The summed E-state index contributed by atoms with van der Waals surface area (Å²) in [6, 6.07) is 0. The molecule has 2 heteroatoms. The van der Waals surface area contributed by atoms with Crippen LogP contribution in [0.25, 0.3) is 0 Å². The fourth-order valence-electron chi connectivity index (χ4n) is 6.08. The minimum absolute atomic E-state index is 0.167. The Bertz CT molecular complexity index is 387. The molecule has 0 heterocycles. The van der Waals surface area contributed by atoms with Gasteiger partial charge in [-0.2, -0.15) is 0 Å².